The second kappa shape index (κ2) is 7.96. The van der Waals surface area contributed by atoms with Crippen LogP contribution in [0.1, 0.15) is 5.56 Å². The van der Waals surface area contributed by atoms with Gasteiger partial charge < -0.3 is 10.1 Å². The second-order valence-corrected chi connectivity index (χ2v) is 3.90. The lowest BCUT2D eigenvalue weighted by Gasteiger charge is -2.05. The number of benzene rings is 1. The Kier molecular flexibility index (Phi) is 6.20. The number of carbonyl (C=O) groups excluding carboxylic acids is 2. The summed E-state index contributed by atoms with van der Waals surface area (Å²) in [7, 11) is 0. The number of terminal acetylenes is 1. The number of nitrogens with one attached hydrogen (secondary N) is 1. The van der Waals surface area contributed by atoms with E-state index in [-0.39, 0.29) is 6.61 Å². The van der Waals surface area contributed by atoms with Crippen molar-refractivity contribution in [2.24, 2.45) is 0 Å². The first-order chi connectivity index (χ1) is 9.13. The van der Waals surface area contributed by atoms with Crippen molar-refractivity contribution in [3.05, 3.63) is 48.0 Å². The molecule has 0 aromatic heterocycles. The van der Waals surface area contributed by atoms with Gasteiger partial charge >= 0.3 is 5.97 Å². The zero-order valence-corrected chi connectivity index (χ0v) is 10.8. The Morgan fingerprint density at radius 1 is 1.42 bits per heavy atom. The molecule has 0 saturated carbocycles. The third-order valence-corrected chi connectivity index (χ3v) is 2.37. The summed E-state index contributed by atoms with van der Waals surface area (Å²) >= 11 is 5.28. The molecule has 0 saturated heterocycles. The van der Waals surface area contributed by atoms with Crippen LogP contribution in [-0.4, -0.2) is 17.3 Å². The molecule has 0 aliphatic rings. The van der Waals surface area contributed by atoms with Crippen LogP contribution in [0.25, 0.3) is 0 Å². The summed E-state index contributed by atoms with van der Waals surface area (Å²) in [6.45, 7) is 0.159. The molecule has 0 radical (unpaired) electrons. The highest BCUT2D eigenvalue weighted by atomic mass is 35.5. The Balaban J connectivity index is 2.46. The molecule has 0 spiro atoms. The molecule has 4 nitrogen and oxygen atoms in total. The van der Waals surface area contributed by atoms with E-state index >= 15 is 0 Å². The van der Waals surface area contributed by atoms with Crippen LogP contribution in [0.4, 0.5) is 0 Å². The van der Waals surface area contributed by atoms with Crippen LogP contribution >= 0.6 is 11.6 Å². The number of carbonyl (C=O) groups is 2. The van der Waals surface area contributed by atoms with Crippen LogP contribution in [0.2, 0.25) is 0 Å². The molecule has 1 N–H and O–H groups in total. The minimum Gasteiger partial charge on any atom is -0.458 e. The van der Waals surface area contributed by atoms with Crippen molar-refractivity contribution in [2.45, 2.75) is 12.6 Å². The average molecular weight is 278 g/mol. The fraction of sp³-hybridized carbons (Fsp3) is 0.143. The third kappa shape index (κ3) is 5.75. The van der Waals surface area contributed by atoms with E-state index in [9.17, 15) is 9.59 Å². The maximum atomic E-state index is 11.4. The maximum Gasteiger partial charge on any atom is 0.330 e. The quantitative estimate of drug-likeness (QED) is 0.282. The summed E-state index contributed by atoms with van der Waals surface area (Å²) in [5, 5.41) is 1.66. The van der Waals surface area contributed by atoms with E-state index in [1.165, 1.54) is 6.08 Å². The number of rotatable bonds is 6. The molecule has 1 aromatic carbocycles. The SMILES string of the molecule is C#CNC(C=CC(=O)OCc1ccccc1)C(=O)Cl. The molecule has 0 bridgehead atoms. The van der Waals surface area contributed by atoms with Crippen LogP contribution in [0, 0.1) is 12.5 Å². The van der Waals surface area contributed by atoms with Gasteiger partial charge in [0.15, 0.2) is 0 Å². The summed E-state index contributed by atoms with van der Waals surface area (Å²) in [6.07, 6.45) is 7.35. The van der Waals surface area contributed by atoms with Gasteiger partial charge in [0.2, 0.25) is 5.24 Å². The van der Waals surface area contributed by atoms with Gasteiger partial charge in [-0.25, -0.2) is 4.79 Å². The molecule has 19 heavy (non-hydrogen) atoms. The van der Waals surface area contributed by atoms with E-state index < -0.39 is 17.3 Å². The smallest absolute Gasteiger partial charge is 0.330 e. The van der Waals surface area contributed by atoms with Gasteiger partial charge in [-0.15, -0.1) is 0 Å². The Hall–Kier alpha value is -2.25. The summed E-state index contributed by atoms with van der Waals surface area (Å²) in [6, 6.07) is 10.4. The first-order valence-corrected chi connectivity index (χ1v) is 5.80. The zero-order chi connectivity index (χ0) is 14.1. The van der Waals surface area contributed by atoms with Crippen molar-refractivity contribution < 1.29 is 14.3 Å². The van der Waals surface area contributed by atoms with E-state index in [1.54, 1.807) is 0 Å². The van der Waals surface area contributed by atoms with Crippen LogP contribution in [0.3, 0.4) is 0 Å². The Morgan fingerprint density at radius 2 is 2.11 bits per heavy atom. The summed E-state index contributed by atoms with van der Waals surface area (Å²) in [4.78, 5) is 22.3. The van der Waals surface area contributed by atoms with Gasteiger partial charge in [0.1, 0.15) is 12.6 Å². The summed E-state index contributed by atoms with van der Waals surface area (Å²) in [5.74, 6) is -0.578. The number of ether oxygens (including phenoxy) is 1. The molecule has 0 aliphatic carbocycles. The van der Waals surface area contributed by atoms with E-state index in [0.29, 0.717) is 0 Å². The lowest BCUT2D eigenvalue weighted by atomic mass is 10.2. The zero-order valence-electron chi connectivity index (χ0n) is 10.0. The van der Waals surface area contributed by atoms with E-state index in [1.807, 2.05) is 30.3 Å². The fourth-order valence-corrected chi connectivity index (χ4v) is 1.35. The minimum absolute atomic E-state index is 0.159. The van der Waals surface area contributed by atoms with Crippen molar-refractivity contribution in [1.29, 1.82) is 0 Å². The number of esters is 1. The van der Waals surface area contributed by atoms with E-state index in [2.05, 4.69) is 11.4 Å². The number of halogens is 1. The Bertz CT molecular complexity index is 505. The van der Waals surface area contributed by atoms with Crippen LogP contribution in [-0.2, 0) is 20.9 Å². The van der Waals surface area contributed by atoms with Gasteiger partial charge in [-0.1, -0.05) is 36.8 Å². The van der Waals surface area contributed by atoms with Crippen LogP contribution in [0.15, 0.2) is 42.5 Å². The van der Waals surface area contributed by atoms with Gasteiger partial charge in [0, 0.05) is 12.1 Å². The summed E-state index contributed by atoms with van der Waals surface area (Å²) < 4.78 is 4.98. The van der Waals surface area contributed by atoms with Gasteiger partial charge in [-0.2, -0.15) is 0 Å². The highest BCUT2D eigenvalue weighted by Gasteiger charge is 2.11. The molecular formula is C14H12ClNO3. The average Bonchev–Trinajstić information content (AvgIpc) is 2.42. The largest absolute Gasteiger partial charge is 0.458 e. The number of hydrogen-bond acceptors (Lipinski definition) is 4. The molecule has 0 aliphatic heterocycles. The predicted octanol–water partition coefficient (Wildman–Crippen LogP) is 1.60. The minimum atomic E-state index is -0.907. The van der Waals surface area contributed by atoms with Crippen molar-refractivity contribution in [3.8, 4) is 12.5 Å². The third-order valence-electron chi connectivity index (χ3n) is 2.13. The number of hydrogen-bond donors (Lipinski definition) is 1. The molecule has 98 valence electrons. The standard InChI is InChI=1S/C14H12ClNO3/c1-2-16-12(14(15)18)8-9-13(17)19-10-11-6-4-3-5-7-11/h1,3-9,12,16H,10H2. The lowest BCUT2D eigenvalue weighted by Crippen LogP contribution is -2.28. The van der Waals surface area contributed by atoms with Gasteiger partial charge in [-0.05, 0) is 23.2 Å². The monoisotopic (exact) mass is 277 g/mol. The topological polar surface area (TPSA) is 55.4 Å². The molecule has 1 rings (SSSR count). The molecule has 0 fully saturated rings. The second-order valence-electron chi connectivity index (χ2n) is 3.52. The first kappa shape index (κ1) is 14.8. The predicted molar refractivity (Wildman–Crippen MR) is 72.0 cm³/mol. The molecule has 5 heteroatoms. The molecular weight excluding hydrogens is 266 g/mol. The van der Waals surface area contributed by atoms with Gasteiger partial charge in [-0.3, -0.25) is 4.79 Å². The Morgan fingerprint density at radius 3 is 2.68 bits per heavy atom. The molecule has 1 unspecified atom stereocenters. The molecule has 1 atom stereocenters. The van der Waals surface area contributed by atoms with E-state index in [4.69, 9.17) is 22.8 Å². The Labute approximate surface area is 116 Å². The fourth-order valence-electron chi connectivity index (χ4n) is 1.22. The molecule has 1 aromatic rings. The van der Waals surface area contributed by atoms with Crippen molar-refractivity contribution in [2.75, 3.05) is 0 Å². The van der Waals surface area contributed by atoms with Crippen LogP contribution < -0.4 is 5.32 Å². The normalized spacial score (nSPS) is 11.6. The summed E-state index contributed by atoms with van der Waals surface area (Å²) in [5.41, 5.74) is 0.871. The maximum absolute atomic E-state index is 11.4. The first-order valence-electron chi connectivity index (χ1n) is 5.43. The highest BCUT2D eigenvalue weighted by molar-refractivity contribution is 6.65. The van der Waals surface area contributed by atoms with Crippen molar-refractivity contribution in [1.82, 2.24) is 5.32 Å². The van der Waals surface area contributed by atoms with Crippen molar-refractivity contribution in [3.63, 3.8) is 0 Å². The highest BCUT2D eigenvalue weighted by Crippen LogP contribution is 2.01. The molecule has 0 amide bonds. The van der Waals surface area contributed by atoms with Crippen LogP contribution in [0.5, 0.6) is 0 Å². The van der Waals surface area contributed by atoms with Gasteiger partial charge in [0.05, 0.1) is 0 Å². The molecule has 0 heterocycles. The van der Waals surface area contributed by atoms with E-state index in [0.717, 1.165) is 11.6 Å². The lowest BCUT2D eigenvalue weighted by molar-refractivity contribution is -0.139. The van der Waals surface area contributed by atoms with Crippen molar-refractivity contribution >= 4 is 22.8 Å². The van der Waals surface area contributed by atoms with Gasteiger partial charge in [0.25, 0.3) is 0 Å².